The molecule has 0 aliphatic heterocycles. The molecule has 0 saturated carbocycles. The standard InChI is InChI=1S/5Ag.H2S/h;;;;;1H2/q;;;;+1;/p-1. The number of hydrogen-bond acceptors (Lipinski definition) is 1. The van der Waals surface area contributed by atoms with Crippen molar-refractivity contribution in [3.63, 3.8) is 0 Å². The van der Waals surface area contributed by atoms with E-state index >= 15 is 0 Å². The summed E-state index contributed by atoms with van der Waals surface area (Å²) in [5, 5.41) is 0. The summed E-state index contributed by atoms with van der Waals surface area (Å²) >= 11 is 0. The maximum atomic E-state index is 0. The first kappa shape index (κ1) is 50.2. The summed E-state index contributed by atoms with van der Waals surface area (Å²) in [4.78, 5) is 0. The Balaban J connectivity index is 0. The van der Waals surface area contributed by atoms with E-state index in [0.717, 1.165) is 0 Å². The molecule has 6 heteroatoms. The fraction of sp³-hybridized carbons (Fsp3) is 0. The van der Waals surface area contributed by atoms with Crippen LogP contribution >= 0.6 is 0 Å². The van der Waals surface area contributed by atoms with Crippen molar-refractivity contribution in [1.29, 1.82) is 0 Å². The van der Waals surface area contributed by atoms with Crippen LogP contribution in [0.15, 0.2) is 0 Å². The first-order valence-electron chi connectivity index (χ1n) is 0. The Bertz CT molecular complexity index is 3.90. The minimum absolute atomic E-state index is 0. The van der Waals surface area contributed by atoms with Crippen molar-refractivity contribution in [2.45, 2.75) is 0 Å². The zero-order valence-corrected chi connectivity index (χ0v) is 10.3. The van der Waals surface area contributed by atoms with E-state index < -0.39 is 0 Å². The second-order valence-electron chi connectivity index (χ2n) is 0. The monoisotopic (exact) mass is 568 g/mol. The van der Waals surface area contributed by atoms with Gasteiger partial charge in [0, 0.05) is 89.5 Å². The third-order valence-electron chi connectivity index (χ3n) is 0. The van der Waals surface area contributed by atoms with Crippen LogP contribution in [0.3, 0.4) is 0 Å². The predicted octanol–water partition coefficient (Wildman–Crippen LogP) is -0.283. The van der Waals surface area contributed by atoms with E-state index in [-0.39, 0.29) is 125 Å². The fourth-order valence-electron chi connectivity index (χ4n) is 0. The molecular weight excluding hydrogens is 571 g/mol. The quantitative estimate of drug-likeness (QED) is 0.219. The third kappa shape index (κ3) is 24.4. The molecule has 0 heterocycles. The molecule has 0 amide bonds. The Labute approximate surface area is 123 Å². The van der Waals surface area contributed by atoms with Crippen LogP contribution < -0.4 is 0 Å². The maximum Gasteiger partial charge on any atom is 1.00 e. The molecule has 0 unspecified atom stereocenters. The van der Waals surface area contributed by atoms with Crippen LogP contribution in [0.5, 0.6) is 0 Å². The van der Waals surface area contributed by atoms with Crippen molar-refractivity contribution < 1.29 is 112 Å². The van der Waals surface area contributed by atoms with Gasteiger partial charge in [0.2, 0.25) is 0 Å². The van der Waals surface area contributed by atoms with Crippen molar-refractivity contribution in [1.82, 2.24) is 0 Å². The molecule has 0 aromatic heterocycles. The van der Waals surface area contributed by atoms with Gasteiger partial charge in [-0.25, -0.2) is 0 Å². The summed E-state index contributed by atoms with van der Waals surface area (Å²) < 4.78 is 0. The van der Waals surface area contributed by atoms with Gasteiger partial charge >= 0.3 is 22.4 Å². The van der Waals surface area contributed by atoms with E-state index in [9.17, 15) is 0 Å². The Morgan fingerprint density at radius 1 is 0.500 bits per heavy atom. The largest absolute Gasteiger partial charge is 1.00 e. The van der Waals surface area contributed by atoms with Gasteiger partial charge in [0.05, 0.1) is 0 Å². The van der Waals surface area contributed by atoms with Crippen LogP contribution in [-0.4, -0.2) is 0 Å². The zero-order valence-electron chi connectivity index (χ0n) is 1.95. The summed E-state index contributed by atoms with van der Waals surface area (Å²) in [6, 6.07) is 0. The molecule has 0 rings (SSSR count). The molecule has 0 nitrogen and oxygen atoms in total. The average molecular weight is 572 g/mol. The van der Waals surface area contributed by atoms with E-state index in [2.05, 4.69) is 0 Å². The molecular formula is HAg5S. The first-order valence-corrected chi connectivity index (χ1v) is 0. The fourth-order valence-corrected chi connectivity index (χ4v) is 0. The minimum atomic E-state index is 0. The van der Waals surface area contributed by atoms with Crippen molar-refractivity contribution in [3.05, 3.63) is 0 Å². The van der Waals surface area contributed by atoms with Gasteiger partial charge in [0.1, 0.15) is 0 Å². The van der Waals surface area contributed by atoms with Gasteiger partial charge in [0.15, 0.2) is 0 Å². The van der Waals surface area contributed by atoms with Gasteiger partial charge in [-0.2, -0.15) is 0 Å². The molecule has 0 bridgehead atoms. The predicted molar refractivity (Wildman–Crippen MR) is 8.76 cm³/mol. The molecule has 0 saturated heterocycles. The molecule has 0 atom stereocenters. The van der Waals surface area contributed by atoms with Gasteiger partial charge < -0.3 is 13.5 Å². The van der Waals surface area contributed by atoms with E-state index in [4.69, 9.17) is 0 Å². The van der Waals surface area contributed by atoms with Gasteiger partial charge in [-0.05, 0) is 0 Å². The number of thiol groups is 1. The van der Waals surface area contributed by atoms with Crippen LogP contribution in [0.4, 0.5) is 0 Å². The normalized spacial score (nSPS) is 0. The van der Waals surface area contributed by atoms with E-state index in [1.54, 1.807) is 0 Å². The molecule has 0 aliphatic rings. The Hall–Kier alpha value is 4.05. The van der Waals surface area contributed by atoms with Crippen molar-refractivity contribution >= 4 is 13.5 Å². The Morgan fingerprint density at radius 3 is 0.500 bits per heavy atom. The second kappa shape index (κ2) is 35.7. The maximum absolute atomic E-state index is 0. The molecule has 0 aromatic carbocycles. The smallest absolute Gasteiger partial charge is 0.813 e. The summed E-state index contributed by atoms with van der Waals surface area (Å²) in [6.45, 7) is 0. The number of hydrogen-bond donors (Lipinski definition) is 0. The van der Waals surface area contributed by atoms with Crippen molar-refractivity contribution in [3.8, 4) is 0 Å². The second-order valence-corrected chi connectivity index (χ2v) is 0. The van der Waals surface area contributed by atoms with Crippen LogP contribution in [-0.2, 0) is 125 Å². The zero-order chi connectivity index (χ0) is 0. The van der Waals surface area contributed by atoms with E-state index in [1.165, 1.54) is 0 Å². The molecule has 0 fully saturated rings. The third-order valence-corrected chi connectivity index (χ3v) is 0. The SMILES string of the molecule is [Ag+].[Ag].[Ag].[Ag].[Ag].[SH-]. The van der Waals surface area contributed by atoms with E-state index in [0.29, 0.717) is 0 Å². The summed E-state index contributed by atoms with van der Waals surface area (Å²) in [6.07, 6.45) is 0. The van der Waals surface area contributed by atoms with Crippen LogP contribution in [0, 0.1) is 0 Å². The first-order chi connectivity index (χ1) is 0. The van der Waals surface area contributed by atoms with Crippen LogP contribution in [0.2, 0.25) is 0 Å². The molecule has 0 aromatic rings. The van der Waals surface area contributed by atoms with Gasteiger partial charge in [-0.15, -0.1) is 0 Å². The van der Waals surface area contributed by atoms with Crippen molar-refractivity contribution in [2.24, 2.45) is 0 Å². The molecule has 62 valence electrons. The Kier molecular flexibility index (Phi) is 299. The van der Waals surface area contributed by atoms with Crippen molar-refractivity contribution in [2.75, 3.05) is 0 Å². The van der Waals surface area contributed by atoms with Gasteiger partial charge in [-0.1, -0.05) is 0 Å². The van der Waals surface area contributed by atoms with Crippen LogP contribution in [0.1, 0.15) is 0 Å². The molecule has 0 aliphatic carbocycles. The molecule has 6 heavy (non-hydrogen) atoms. The average Bonchev–Trinajstić information content (AvgIpc) is 0. The molecule has 0 spiro atoms. The van der Waals surface area contributed by atoms with Gasteiger partial charge in [-0.3, -0.25) is 0 Å². The van der Waals surface area contributed by atoms with Crippen LogP contribution in [0.25, 0.3) is 0 Å². The molecule has 4 radical (unpaired) electrons. The minimum Gasteiger partial charge on any atom is -0.813 e. The molecule has 0 N–H and O–H groups in total. The van der Waals surface area contributed by atoms with Gasteiger partial charge in [0.25, 0.3) is 0 Å². The van der Waals surface area contributed by atoms with E-state index in [1.807, 2.05) is 0 Å². The topological polar surface area (TPSA) is 0 Å². The summed E-state index contributed by atoms with van der Waals surface area (Å²) in [7, 11) is 0. The summed E-state index contributed by atoms with van der Waals surface area (Å²) in [5.41, 5.74) is 0. The number of rotatable bonds is 0. The Morgan fingerprint density at radius 2 is 0.500 bits per heavy atom. The summed E-state index contributed by atoms with van der Waals surface area (Å²) in [5.74, 6) is 0.